The van der Waals surface area contributed by atoms with Crippen molar-refractivity contribution in [1.82, 2.24) is 10.4 Å². The van der Waals surface area contributed by atoms with Crippen molar-refractivity contribution in [2.24, 2.45) is 5.10 Å². The van der Waals surface area contributed by atoms with E-state index < -0.39 is 0 Å². The maximum atomic E-state index is 12.9. The Morgan fingerprint density at radius 1 is 0.852 bits per heavy atom. The van der Waals surface area contributed by atoms with Crippen LogP contribution in [0.1, 0.15) is 26.3 Å². The van der Waals surface area contributed by atoms with Gasteiger partial charge in [0.05, 0.1) is 6.21 Å². The zero-order valence-electron chi connectivity index (χ0n) is 14.1. The Morgan fingerprint density at radius 3 is 2.15 bits per heavy atom. The molecule has 2 N–H and O–H groups in total. The van der Waals surface area contributed by atoms with Gasteiger partial charge in [0.2, 0.25) is 0 Å². The Kier molecular flexibility index (Phi) is 5.64. The van der Waals surface area contributed by atoms with Crippen LogP contribution in [0.2, 0.25) is 0 Å². The van der Waals surface area contributed by atoms with Crippen molar-refractivity contribution in [2.75, 3.05) is 5.32 Å². The van der Waals surface area contributed by atoms with Gasteiger partial charge in [-0.15, -0.1) is 0 Å². The number of aromatic nitrogens is 1. The van der Waals surface area contributed by atoms with Crippen LogP contribution < -0.4 is 10.7 Å². The van der Waals surface area contributed by atoms with Crippen LogP contribution in [0.4, 0.5) is 10.1 Å². The topological polar surface area (TPSA) is 83.5 Å². The Hall–Kier alpha value is -3.87. The standard InChI is InChI=1S/C20H15FN4O2/c21-17-5-7-18(8-6-17)24-19(26)15-3-1-14(2-4-15)13-23-25-20(27)16-9-11-22-12-10-16/h1-13H,(H,24,26)(H,25,27)/b23-13+. The Morgan fingerprint density at radius 2 is 1.48 bits per heavy atom. The van der Waals surface area contributed by atoms with Gasteiger partial charge in [-0.25, -0.2) is 9.82 Å². The number of anilines is 1. The normalized spacial score (nSPS) is 10.6. The van der Waals surface area contributed by atoms with Gasteiger partial charge in [0.1, 0.15) is 5.82 Å². The summed E-state index contributed by atoms with van der Waals surface area (Å²) >= 11 is 0. The monoisotopic (exact) mass is 362 g/mol. The summed E-state index contributed by atoms with van der Waals surface area (Å²) in [5, 5.41) is 6.57. The lowest BCUT2D eigenvalue weighted by molar-refractivity contribution is 0.0954. The number of hydrogen-bond acceptors (Lipinski definition) is 4. The highest BCUT2D eigenvalue weighted by Gasteiger charge is 2.06. The number of rotatable bonds is 5. The smallest absolute Gasteiger partial charge is 0.271 e. The molecular formula is C20H15FN4O2. The zero-order valence-corrected chi connectivity index (χ0v) is 14.1. The van der Waals surface area contributed by atoms with E-state index in [1.807, 2.05) is 0 Å². The second-order valence-electron chi connectivity index (χ2n) is 5.52. The van der Waals surface area contributed by atoms with E-state index in [4.69, 9.17) is 0 Å². The lowest BCUT2D eigenvalue weighted by atomic mass is 10.1. The van der Waals surface area contributed by atoms with Crippen molar-refractivity contribution in [3.8, 4) is 0 Å². The largest absolute Gasteiger partial charge is 0.322 e. The van der Waals surface area contributed by atoms with Gasteiger partial charge in [-0.1, -0.05) is 12.1 Å². The van der Waals surface area contributed by atoms with Gasteiger partial charge in [-0.2, -0.15) is 5.10 Å². The van der Waals surface area contributed by atoms with Crippen LogP contribution in [-0.4, -0.2) is 23.0 Å². The molecule has 3 aromatic rings. The fraction of sp³-hybridized carbons (Fsp3) is 0. The number of pyridine rings is 1. The third kappa shape index (κ3) is 5.05. The summed E-state index contributed by atoms with van der Waals surface area (Å²) in [5.41, 5.74) is 4.53. The van der Waals surface area contributed by atoms with Crippen LogP contribution in [0.3, 0.4) is 0 Å². The van der Waals surface area contributed by atoms with E-state index >= 15 is 0 Å². The molecule has 0 saturated carbocycles. The molecule has 1 aromatic heterocycles. The number of halogens is 1. The predicted octanol–water partition coefficient (Wildman–Crippen LogP) is 3.24. The van der Waals surface area contributed by atoms with Gasteiger partial charge in [-0.05, 0) is 54.1 Å². The Bertz CT molecular complexity index is 956. The summed E-state index contributed by atoms with van der Waals surface area (Å²) in [6, 6.07) is 15.3. The Labute approximate surface area is 154 Å². The minimum atomic E-state index is -0.368. The molecule has 0 aliphatic carbocycles. The van der Waals surface area contributed by atoms with Crippen LogP contribution in [0.5, 0.6) is 0 Å². The maximum Gasteiger partial charge on any atom is 0.271 e. The highest BCUT2D eigenvalue weighted by atomic mass is 19.1. The van der Waals surface area contributed by atoms with Crippen molar-refractivity contribution in [3.05, 3.63) is 95.6 Å². The second-order valence-corrected chi connectivity index (χ2v) is 5.52. The fourth-order valence-corrected chi connectivity index (χ4v) is 2.19. The number of carbonyl (C=O) groups excluding carboxylic acids is 2. The molecule has 0 unspecified atom stereocenters. The molecule has 6 nitrogen and oxygen atoms in total. The summed E-state index contributed by atoms with van der Waals surface area (Å²) in [6.07, 6.45) is 4.52. The first-order valence-electron chi connectivity index (χ1n) is 8.02. The summed E-state index contributed by atoms with van der Waals surface area (Å²) in [5.74, 6) is -1.02. The van der Waals surface area contributed by atoms with Gasteiger partial charge in [0, 0.05) is 29.2 Å². The van der Waals surface area contributed by atoms with E-state index in [-0.39, 0.29) is 17.6 Å². The number of nitrogens with zero attached hydrogens (tertiary/aromatic N) is 2. The first-order valence-corrected chi connectivity index (χ1v) is 8.02. The quantitative estimate of drug-likeness (QED) is 0.540. The average molecular weight is 362 g/mol. The molecule has 0 atom stereocenters. The average Bonchev–Trinajstić information content (AvgIpc) is 2.71. The van der Waals surface area contributed by atoms with E-state index in [1.54, 1.807) is 36.4 Å². The molecule has 2 aromatic carbocycles. The van der Waals surface area contributed by atoms with Crippen molar-refractivity contribution >= 4 is 23.7 Å². The predicted molar refractivity (Wildman–Crippen MR) is 100 cm³/mol. The van der Waals surface area contributed by atoms with Crippen LogP contribution >= 0.6 is 0 Å². The third-order valence-electron chi connectivity index (χ3n) is 3.60. The van der Waals surface area contributed by atoms with Crippen LogP contribution in [0.15, 0.2) is 78.2 Å². The van der Waals surface area contributed by atoms with Gasteiger partial charge in [0.15, 0.2) is 0 Å². The number of hydrogen-bond donors (Lipinski definition) is 2. The molecule has 1 heterocycles. The molecule has 0 radical (unpaired) electrons. The molecule has 0 bridgehead atoms. The lowest BCUT2D eigenvalue weighted by Crippen LogP contribution is -2.17. The fourth-order valence-electron chi connectivity index (χ4n) is 2.19. The van der Waals surface area contributed by atoms with E-state index in [0.29, 0.717) is 22.4 Å². The van der Waals surface area contributed by atoms with Crippen molar-refractivity contribution < 1.29 is 14.0 Å². The molecule has 3 rings (SSSR count). The second kappa shape index (κ2) is 8.48. The molecule has 0 fully saturated rings. The third-order valence-corrected chi connectivity index (χ3v) is 3.60. The number of carbonyl (C=O) groups is 2. The molecule has 0 spiro atoms. The SMILES string of the molecule is O=C(N/N=C/c1ccc(C(=O)Nc2ccc(F)cc2)cc1)c1ccncc1. The highest BCUT2D eigenvalue weighted by Crippen LogP contribution is 2.11. The van der Waals surface area contributed by atoms with Gasteiger partial charge < -0.3 is 5.32 Å². The van der Waals surface area contributed by atoms with E-state index in [9.17, 15) is 14.0 Å². The molecule has 7 heteroatoms. The van der Waals surface area contributed by atoms with Crippen LogP contribution in [-0.2, 0) is 0 Å². The minimum Gasteiger partial charge on any atom is -0.322 e. The van der Waals surface area contributed by atoms with E-state index in [0.717, 1.165) is 0 Å². The lowest BCUT2D eigenvalue weighted by Gasteiger charge is -2.05. The van der Waals surface area contributed by atoms with Crippen molar-refractivity contribution in [1.29, 1.82) is 0 Å². The van der Waals surface area contributed by atoms with Gasteiger partial charge in [-0.3, -0.25) is 14.6 Å². The van der Waals surface area contributed by atoms with Crippen LogP contribution in [0.25, 0.3) is 0 Å². The molecular weight excluding hydrogens is 347 g/mol. The van der Waals surface area contributed by atoms with E-state index in [2.05, 4.69) is 20.8 Å². The van der Waals surface area contributed by atoms with Crippen molar-refractivity contribution in [2.45, 2.75) is 0 Å². The first kappa shape index (κ1) is 17.9. The van der Waals surface area contributed by atoms with E-state index in [1.165, 1.54) is 42.9 Å². The molecule has 27 heavy (non-hydrogen) atoms. The first-order chi connectivity index (χ1) is 13.1. The summed E-state index contributed by atoms with van der Waals surface area (Å²) in [4.78, 5) is 27.9. The molecule has 0 saturated heterocycles. The highest BCUT2D eigenvalue weighted by molar-refractivity contribution is 6.04. The molecule has 134 valence electrons. The Balaban J connectivity index is 1.57. The molecule has 0 aliphatic heterocycles. The number of nitrogens with one attached hydrogen (secondary N) is 2. The maximum absolute atomic E-state index is 12.9. The number of benzene rings is 2. The van der Waals surface area contributed by atoms with Crippen molar-refractivity contribution in [3.63, 3.8) is 0 Å². The molecule has 2 amide bonds. The minimum absolute atomic E-state index is 0.309. The van der Waals surface area contributed by atoms with Gasteiger partial charge in [0.25, 0.3) is 11.8 Å². The number of amides is 2. The van der Waals surface area contributed by atoms with Crippen LogP contribution in [0, 0.1) is 5.82 Å². The number of hydrazone groups is 1. The molecule has 0 aliphatic rings. The summed E-state index contributed by atoms with van der Waals surface area (Å²) in [7, 11) is 0. The summed E-state index contributed by atoms with van der Waals surface area (Å²) in [6.45, 7) is 0. The zero-order chi connectivity index (χ0) is 19.1. The van der Waals surface area contributed by atoms with Gasteiger partial charge >= 0.3 is 0 Å². The summed E-state index contributed by atoms with van der Waals surface area (Å²) < 4.78 is 12.9.